The molecule has 1 aliphatic heterocycles. The number of halogens is 1. The van der Waals surface area contributed by atoms with Crippen molar-refractivity contribution in [2.45, 2.75) is 0 Å². The van der Waals surface area contributed by atoms with E-state index in [2.05, 4.69) is 38.9 Å². The molecule has 4 rings (SSSR count). The van der Waals surface area contributed by atoms with Gasteiger partial charge < -0.3 is 9.80 Å². The molecule has 0 spiro atoms. The minimum absolute atomic E-state index is 0.256. The lowest BCUT2D eigenvalue weighted by molar-refractivity contribution is 0.229. The predicted octanol–water partition coefficient (Wildman–Crippen LogP) is 2.22. The highest BCUT2D eigenvalue weighted by molar-refractivity contribution is 5.67. The van der Waals surface area contributed by atoms with Crippen LogP contribution in [0.4, 0.5) is 10.2 Å². The third kappa shape index (κ3) is 3.79. The summed E-state index contributed by atoms with van der Waals surface area (Å²) in [6.07, 6.45) is 1.74. The maximum absolute atomic E-state index is 14.3. The molecular formula is C20H25FN6. The molecule has 27 heavy (non-hydrogen) atoms. The van der Waals surface area contributed by atoms with Crippen LogP contribution >= 0.6 is 0 Å². The van der Waals surface area contributed by atoms with Gasteiger partial charge in [-0.2, -0.15) is 9.61 Å². The van der Waals surface area contributed by atoms with E-state index in [-0.39, 0.29) is 5.82 Å². The van der Waals surface area contributed by atoms with Crippen molar-refractivity contribution in [3.63, 3.8) is 0 Å². The third-order valence-electron chi connectivity index (χ3n) is 5.05. The summed E-state index contributed by atoms with van der Waals surface area (Å²) in [4.78, 5) is 11.6. The number of anilines is 1. The van der Waals surface area contributed by atoms with Crippen LogP contribution < -0.4 is 4.90 Å². The summed E-state index contributed by atoms with van der Waals surface area (Å²) in [6.45, 7) is 6.00. The van der Waals surface area contributed by atoms with Gasteiger partial charge in [0.1, 0.15) is 11.6 Å². The molecule has 0 N–H and O–H groups in total. The topological polar surface area (TPSA) is 39.9 Å². The van der Waals surface area contributed by atoms with E-state index in [1.54, 1.807) is 18.3 Å². The summed E-state index contributed by atoms with van der Waals surface area (Å²) in [5.41, 5.74) is 1.90. The number of rotatable bonds is 5. The molecule has 2 aromatic heterocycles. The van der Waals surface area contributed by atoms with Crippen molar-refractivity contribution in [1.82, 2.24) is 24.4 Å². The van der Waals surface area contributed by atoms with Gasteiger partial charge in [-0.05, 0) is 26.2 Å². The van der Waals surface area contributed by atoms with E-state index >= 15 is 0 Å². The van der Waals surface area contributed by atoms with Gasteiger partial charge in [-0.3, -0.25) is 4.90 Å². The number of hydrogen-bond acceptors (Lipinski definition) is 5. The van der Waals surface area contributed by atoms with Gasteiger partial charge in [0, 0.05) is 57.0 Å². The van der Waals surface area contributed by atoms with E-state index in [0.29, 0.717) is 11.3 Å². The Morgan fingerprint density at radius 1 is 1.07 bits per heavy atom. The second-order valence-corrected chi connectivity index (χ2v) is 7.21. The Bertz CT molecular complexity index is 914. The van der Waals surface area contributed by atoms with Gasteiger partial charge in [0.2, 0.25) is 0 Å². The summed E-state index contributed by atoms with van der Waals surface area (Å²) in [5, 5.41) is 4.43. The van der Waals surface area contributed by atoms with Crippen LogP contribution in [0, 0.1) is 5.82 Å². The van der Waals surface area contributed by atoms with E-state index < -0.39 is 0 Å². The van der Waals surface area contributed by atoms with Gasteiger partial charge in [-0.15, -0.1) is 0 Å². The normalized spacial score (nSPS) is 15.8. The van der Waals surface area contributed by atoms with Crippen molar-refractivity contribution in [1.29, 1.82) is 0 Å². The molecule has 1 fully saturated rings. The maximum Gasteiger partial charge on any atom is 0.157 e. The summed E-state index contributed by atoms with van der Waals surface area (Å²) in [7, 11) is 4.21. The number of piperazine rings is 1. The Morgan fingerprint density at radius 2 is 1.85 bits per heavy atom. The molecule has 142 valence electrons. The van der Waals surface area contributed by atoms with Crippen molar-refractivity contribution in [2.24, 2.45) is 0 Å². The molecule has 0 atom stereocenters. The fourth-order valence-electron chi connectivity index (χ4n) is 3.47. The Hall–Kier alpha value is -2.51. The van der Waals surface area contributed by atoms with Crippen LogP contribution in [0.25, 0.3) is 16.9 Å². The smallest absolute Gasteiger partial charge is 0.157 e. The zero-order chi connectivity index (χ0) is 18.8. The lowest BCUT2D eigenvalue weighted by Gasteiger charge is -2.36. The summed E-state index contributed by atoms with van der Waals surface area (Å²) in [5.74, 6) is 0.712. The Labute approximate surface area is 158 Å². The first kappa shape index (κ1) is 17.9. The Kier molecular flexibility index (Phi) is 5.05. The molecule has 0 saturated carbocycles. The fourth-order valence-corrected chi connectivity index (χ4v) is 3.47. The lowest BCUT2D eigenvalue weighted by Crippen LogP contribution is -2.48. The molecule has 1 aromatic carbocycles. The number of likely N-dealkylation sites (N-methyl/N-ethyl adjacent to an activating group) is 1. The van der Waals surface area contributed by atoms with E-state index in [4.69, 9.17) is 0 Å². The first-order valence-corrected chi connectivity index (χ1v) is 9.33. The highest BCUT2D eigenvalue weighted by atomic mass is 19.1. The third-order valence-corrected chi connectivity index (χ3v) is 5.05. The molecule has 0 radical (unpaired) electrons. The zero-order valence-electron chi connectivity index (χ0n) is 15.8. The number of benzene rings is 1. The van der Waals surface area contributed by atoms with Crippen molar-refractivity contribution in [2.75, 3.05) is 58.3 Å². The van der Waals surface area contributed by atoms with Gasteiger partial charge >= 0.3 is 0 Å². The largest absolute Gasteiger partial charge is 0.354 e. The van der Waals surface area contributed by atoms with Crippen molar-refractivity contribution in [3.8, 4) is 11.3 Å². The van der Waals surface area contributed by atoms with Gasteiger partial charge in [0.05, 0.1) is 11.9 Å². The van der Waals surface area contributed by atoms with Crippen molar-refractivity contribution < 1.29 is 4.39 Å². The van der Waals surface area contributed by atoms with Crippen LogP contribution in [-0.2, 0) is 0 Å². The van der Waals surface area contributed by atoms with E-state index in [1.165, 1.54) is 6.07 Å². The second kappa shape index (κ2) is 7.62. The van der Waals surface area contributed by atoms with Crippen LogP contribution in [0.1, 0.15) is 0 Å². The average Bonchev–Trinajstić information content (AvgIpc) is 3.15. The summed E-state index contributed by atoms with van der Waals surface area (Å²) < 4.78 is 16.1. The molecule has 3 heterocycles. The van der Waals surface area contributed by atoms with E-state index in [1.807, 2.05) is 22.7 Å². The number of hydrogen-bond donors (Lipinski definition) is 0. The molecule has 1 saturated heterocycles. The first-order chi connectivity index (χ1) is 13.1. The number of aromatic nitrogens is 3. The molecule has 3 aromatic rings. The molecule has 0 unspecified atom stereocenters. The van der Waals surface area contributed by atoms with E-state index in [0.717, 1.165) is 50.7 Å². The fraction of sp³-hybridized carbons (Fsp3) is 0.400. The minimum Gasteiger partial charge on any atom is -0.354 e. The highest BCUT2D eigenvalue weighted by Crippen LogP contribution is 2.26. The molecule has 1 aliphatic rings. The molecule has 0 bridgehead atoms. The zero-order valence-corrected chi connectivity index (χ0v) is 15.8. The van der Waals surface area contributed by atoms with Crippen LogP contribution in [0.5, 0.6) is 0 Å². The van der Waals surface area contributed by atoms with Gasteiger partial charge in [0.15, 0.2) is 5.65 Å². The van der Waals surface area contributed by atoms with E-state index in [9.17, 15) is 4.39 Å². The number of nitrogens with zero attached hydrogens (tertiary/aromatic N) is 6. The van der Waals surface area contributed by atoms with Crippen LogP contribution in [0.15, 0.2) is 42.6 Å². The van der Waals surface area contributed by atoms with Gasteiger partial charge in [0.25, 0.3) is 0 Å². The standard InChI is InChI=1S/C20H25FN6/c1-24(2)9-10-25-11-13-26(14-12-25)20-15-18(16-5-3-4-6-17(16)21)23-19-7-8-22-27(19)20/h3-8,15H,9-14H2,1-2H3. The molecule has 6 nitrogen and oxygen atoms in total. The molecule has 7 heteroatoms. The van der Waals surface area contributed by atoms with Crippen LogP contribution in [0.2, 0.25) is 0 Å². The number of fused-ring (bicyclic) bond motifs is 1. The molecule has 0 amide bonds. The molecular weight excluding hydrogens is 343 g/mol. The quantitative estimate of drug-likeness (QED) is 0.691. The van der Waals surface area contributed by atoms with Crippen molar-refractivity contribution >= 4 is 11.5 Å². The summed E-state index contributed by atoms with van der Waals surface area (Å²) in [6, 6.07) is 10.6. The lowest BCUT2D eigenvalue weighted by atomic mass is 10.1. The van der Waals surface area contributed by atoms with Crippen molar-refractivity contribution in [3.05, 3.63) is 48.4 Å². The Balaban J connectivity index is 1.61. The van der Waals surface area contributed by atoms with Gasteiger partial charge in [-0.1, -0.05) is 12.1 Å². The molecule has 0 aliphatic carbocycles. The monoisotopic (exact) mass is 368 g/mol. The minimum atomic E-state index is -0.256. The average molecular weight is 368 g/mol. The Morgan fingerprint density at radius 3 is 2.59 bits per heavy atom. The van der Waals surface area contributed by atoms with Crippen LogP contribution in [-0.4, -0.2) is 77.8 Å². The maximum atomic E-state index is 14.3. The van der Waals surface area contributed by atoms with Gasteiger partial charge in [-0.25, -0.2) is 9.37 Å². The SMILES string of the molecule is CN(C)CCN1CCN(c2cc(-c3ccccc3F)nc3ccnn23)CC1. The first-order valence-electron chi connectivity index (χ1n) is 9.33. The summed E-state index contributed by atoms with van der Waals surface area (Å²) >= 11 is 0. The predicted molar refractivity (Wildman–Crippen MR) is 106 cm³/mol. The second-order valence-electron chi connectivity index (χ2n) is 7.21. The van der Waals surface area contributed by atoms with Crippen LogP contribution in [0.3, 0.4) is 0 Å². The highest BCUT2D eigenvalue weighted by Gasteiger charge is 2.21.